The van der Waals surface area contributed by atoms with Crippen LogP contribution in [0.3, 0.4) is 0 Å². The summed E-state index contributed by atoms with van der Waals surface area (Å²) in [5.74, 6) is -0.350. The SMILES string of the molecule is CC/C=C\C/C=C\C/C=C\C/C=C\C/C=C\CCCC(=O)OCC(COP(=O)([O-])OCC[N+](C)(C)C)O/C=C\CCCCCCCCCCCCCCCC. The summed E-state index contributed by atoms with van der Waals surface area (Å²) >= 11 is 0. The van der Waals surface area contributed by atoms with Crippen molar-refractivity contribution in [2.45, 2.75) is 168 Å². The Hall–Kier alpha value is -2.22. The molecule has 2 atom stereocenters. The van der Waals surface area contributed by atoms with Gasteiger partial charge in [-0.1, -0.05) is 158 Å². The summed E-state index contributed by atoms with van der Waals surface area (Å²) in [4.78, 5) is 24.8. The standard InChI is InChI=1S/C46H82NO7P/c1-6-8-10-12-14-16-18-20-22-24-25-27-29-31-33-35-37-39-46(48)52-43-45(44-54-55(49,50)53-42-40-47(3,4)5)51-41-38-36-34-32-30-28-26-23-21-19-17-15-13-11-9-7-2/h8,10,14,16,20,22,25,27,31,33,38,41,45H,6-7,9,11-13,15,17-19,21,23-24,26,28-30,32,34-37,39-40,42-44H2,1-5H3/b10-8-,16-14-,22-20-,27-25-,33-31-,41-38-. The Kier molecular flexibility index (Phi) is 37.1. The molecular formula is C46H82NO7P. The minimum absolute atomic E-state index is 0.0156. The molecule has 0 spiro atoms. The van der Waals surface area contributed by atoms with E-state index in [2.05, 4.69) is 74.6 Å². The van der Waals surface area contributed by atoms with Gasteiger partial charge in [0.1, 0.15) is 19.8 Å². The minimum atomic E-state index is -4.53. The Bertz CT molecular complexity index is 1110. The van der Waals surface area contributed by atoms with E-state index < -0.39 is 13.9 Å². The number of esters is 1. The first kappa shape index (κ1) is 52.8. The lowest BCUT2D eigenvalue weighted by atomic mass is 10.0. The van der Waals surface area contributed by atoms with Gasteiger partial charge in [0, 0.05) is 6.42 Å². The lowest BCUT2D eigenvalue weighted by Gasteiger charge is -2.28. The normalized spacial score (nSPS) is 14.4. The van der Waals surface area contributed by atoms with E-state index in [1.807, 2.05) is 27.2 Å². The van der Waals surface area contributed by atoms with Gasteiger partial charge in [-0.05, 0) is 63.9 Å². The largest absolute Gasteiger partial charge is 0.756 e. The molecule has 0 saturated carbocycles. The maximum Gasteiger partial charge on any atom is 0.305 e. The number of phosphoric ester groups is 1. The van der Waals surface area contributed by atoms with Crippen LogP contribution in [0.4, 0.5) is 0 Å². The summed E-state index contributed by atoms with van der Waals surface area (Å²) in [6.07, 6.45) is 50.2. The highest BCUT2D eigenvalue weighted by Gasteiger charge is 2.19. The Labute approximate surface area is 338 Å². The fraction of sp³-hybridized carbons (Fsp3) is 0.717. The van der Waals surface area contributed by atoms with Crippen LogP contribution < -0.4 is 4.89 Å². The summed E-state index contributed by atoms with van der Waals surface area (Å²) in [7, 11) is 1.32. The number of hydrogen-bond acceptors (Lipinski definition) is 7. The van der Waals surface area contributed by atoms with Crippen molar-refractivity contribution in [2.75, 3.05) is 47.5 Å². The molecule has 0 rings (SSSR count). The van der Waals surface area contributed by atoms with Crippen molar-refractivity contribution < 1.29 is 37.3 Å². The van der Waals surface area contributed by atoms with Crippen LogP contribution in [0.1, 0.15) is 162 Å². The smallest absolute Gasteiger partial charge is 0.305 e. The second-order valence-corrected chi connectivity index (χ2v) is 16.8. The molecule has 0 aromatic carbocycles. The Balaban J connectivity index is 4.40. The zero-order valence-electron chi connectivity index (χ0n) is 35.8. The van der Waals surface area contributed by atoms with Crippen LogP contribution in [0, 0.1) is 0 Å². The lowest BCUT2D eigenvalue weighted by molar-refractivity contribution is -0.870. The topological polar surface area (TPSA) is 94.1 Å². The number of hydrogen-bond donors (Lipinski definition) is 0. The number of phosphoric acid groups is 1. The maximum absolute atomic E-state index is 12.4. The summed E-state index contributed by atoms with van der Waals surface area (Å²) in [5.41, 5.74) is 0. The highest BCUT2D eigenvalue weighted by atomic mass is 31.2. The monoisotopic (exact) mass is 792 g/mol. The first-order valence-corrected chi connectivity index (χ1v) is 23.2. The molecule has 0 aliphatic carbocycles. The number of allylic oxidation sites excluding steroid dienone is 11. The molecule has 0 bridgehead atoms. The molecule has 0 N–H and O–H groups in total. The van der Waals surface area contributed by atoms with Gasteiger partial charge in [0.25, 0.3) is 7.82 Å². The van der Waals surface area contributed by atoms with Gasteiger partial charge in [0.15, 0.2) is 6.10 Å². The van der Waals surface area contributed by atoms with Gasteiger partial charge >= 0.3 is 5.97 Å². The molecule has 9 heteroatoms. The van der Waals surface area contributed by atoms with Crippen molar-refractivity contribution in [2.24, 2.45) is 0 Å². The second kappa shape index (κ2) is 38.6. The van der Waals surface area contributed by atoms with Gasteiger partial charge in [-0.2, -0.15) is 0 Å². The number of nitrogens with zero attached hydrogens (tertiary/aromatic N) is 1. The maximum atomic E-state index is 12.4. The number of unbranched alkanes of at least 4 members (excludes halogenated alkanes) is 15. The van der Waals surface area contributed by atoms with Crippen molar-refractivity contribution >= 4 is 13.8 Å². The molecule has 0 aliphatic heterocycles. The van der Waals surface area contributed by atoms with E-state index in [4.69, 9.17) is 18.5 Å². The Morgan fingerprint density at radius 3 is 1.58 bits per heavy atom. The number of carbonyl (C=O) groups excluding carboxylic acids is 1. The third-order valence-corrected chi connectivity index (χ3v) is 9.83. The van der Waals surface area contributed by atoms with Crippen LogP contribution in [0.2, 0.25) is 0 Å². The number of ether oxygens (including phenoxy) is 2. The zero-order chi connectivity index (χ0) is 40.6. The van der Waals surface area contributed by atoms with Crippen molar-refractivity contribution in [3.63, 3.8) is 0 Å². The van der Waals surface area contributed by atoms with E-state index in [1.54, 1.807) is 6.26 Å². The Morgan fingerprint density at radius 1 is 0.600 bits per heavy atom. The third-order valence-electron chi connectivity index (χ3n) is 8.86. The number of rotatable bonds is 39. The van der Waals surface area contributed by atoms with Crippen LogP contribution in [-0.4, -0.2) is 64.1 Å². The molecule has 2 unspecified atom stereocenters. The quantitative estimate of drug-likeness (QED) is 0.0153. The average molecular weight is 792 g/mol. The predicted octanol–water partition coefficient (Wildman–Crippen LogP) is 12.4. The zero-order valence-corrected chi connectivity index (χ0v) is 36.7. The number of quaternary nitrogens is 1. The van der Waals surface area contributed by atoms with Crippen LogP contribution in [0.5, 0.6) is 0 Å². The molecule has 0 aromatic rings. The van der Waals surface area contributed by atoms with Crippen molar-refractivity contribution in [1.82, 2.24) is 0 Å². The fourth-order valence-corrected chi connectivity index (χ4v) is 6.18. The van der Waals surface area contributed by atoms with E-state index in [-0.39, 0.29) is 32.2 Å². The third kappa shape index (κ3) is 42.8. The highest BCUT2D eigenvalue weighted by molar-refractivity contribution is 7.45. The molecule has 55 heavy (non-hydrogen) atoms. The van der Waals surface area contributed by atoms with Crippen LogP contribution in [0.15, 0.2) is 73.1 Å². The molecule has 318 valence electrons. The fourth-order valence-electron chi connectivity index (χ4n) is 5.45. The minimum Gasteiger partial charge on any atom is -0.756 e. The number of carbonyl (C=O) groups is 1. The van der Waals surface area contributed by atoms with E-state index >= 15 is 0 Å². The second-order valence-electron chi connectivity index (χ2n) is 15.4. The van der Waals surface area contributed by atoms with Gasteiger partial charge in [-0.25, -0.2) is 0 Å². The summed E-state index contributed by atoms with van der Waals surface area (Å²) < 4.78 is 34.3. The number of likely N-dealkylation sites (N-methyl/N-ethyl adjacent to an activating group) is 1. The van der Waals surface area contributed by atoms with Crippen LogP contribution >= 0.6 is 7.82 Å². The molecule has 0 saturated heterocycles. The summed E-state index contributed by atoms with van der Waals surface area (Å²) in [6, 6.07) is 0. The average Bonchev–Trinajstić information content (AvgIpc) is 3.14. The molecule has 0 aliphatic rings. The van der Waals surface area contributed by atoms with Crippen molar-refractivity contribution in [3.8, 4) is 0 Å². The molecule has 0 fully saturated rings. The highest BCUT2D eigenvalue weighted by Crippen LogP contribution is 2.38. The van der Waals surface area contributed by atoms with Gasteiger partial charge in [0.2, 0.25) is 0 Å². The van der Waals surface area contributed by atoms with Gasteiger partial charge in [0.05, 0.1) is 34.0 Å². The predicted molar refractivity (Wildman–Crippen MR) is 231 cm³/mol. The first-order valence-electron chi connectivity index (χ1n) is 21.7. The van der Waals surface area contributed by atoms with Crippen LogP contribution in [0.25, 0.3) is 0 Å². The van der Waals surface area contributed by atoms with Crippen LogP contribution in [-0.2, 0) is 27.9 Å². The van der Waals surface area contributed by atoms with Gasteiger partial charge in [-0.15, -0.1) is 0 Å². The van der Waals surface area contributed by atoms with Gasteiger partial charge in [-0.3, -0.25) is 9.36 Å². The van der Waals surface area contributed by atoms with E-state index in [0.29, 0.717) is 17.4 Å². The molecule has 0 heterocycles. The van der Waals surface area contributed by atoms with Crippen molar-refractivity contribution in [1.29, 1.82) is 0 Å². The molecule has 0 radical (unpaired) electrons. The van der Waals surface area contributed by atoms with E-state index in [0.717, 1.165) is 51.4 Å². The first-order chi connectivity index (χ1) is 26.6. The molecule has 8 nitrogen and oxygen atoms in total. The van der Waals surface area contributed by atoms with E-state index in [1.165, 1.54) is 83.5 Å². The Morgan fingerprint density at radius 2 is 1.07 bits per heavy atom. The molecular weight excluding hydrogens is 709 g/mol. The van der Waals surface area contributed by atoms with Crippen molar-refractivity contribution in [3.05, 3.63) is 73.1 Å². The van der Waals surface area contributed by atoms with E-state index in [9.17, 15) is 14.3 Å². The summed E-state index contributed by atoms with van der Waals surface area (Å²) in [5, 5.41) is 0. The summed E-state index contributed by atoms with van der Waals surface area (Å²) in [6.45, 7) is 4.52. The molecule has 0 amide bonds. The molecule has 0 aromatic heterocycles. The lowest BCUT2D eigenvalue weighted by Crippen LogP contribution is -2.37. The van der Waals surface area contributed by atoms with Gasteiger partial charge < -0.3 is 27.9 Å².